The highest BCUT2D eigenvalue weighted by Gasteiger charge is 2.29. The number of likely N-dealkylation sites (tertiary alicyclic amines) is 1. The number of piperidine rings is 1. The molecular weight excluding hydrogens is 264 g/mol. The summed E-state index contributed by atoms with van der Waals surface area (Å²) in [6.07, 6.45) is 5.81. The first kappa shape index (κ1) is 17.2. The molecular formula is C17H34N2O2. The Morgan fingerprint density at radius 3 is 2.38 bits per heavy atom. The first-order chi connectivity index (χ1) is 9.96. The first-order valence-electron chi connectivity index (χ1n) is 8.58. The molecule has 2 rings (SSSR count). The summed E-state index contributed by atoms with van der Waals surface area (Å²) < 4.78 is 11.5. The molecule has 4 heteroatoms. The van der Waals surface area contributed by atoms with E-state index in [0.29, 0.717) is 12.2 Å². The minimum Gasteiger partial charge on any atom is -0.384 e. The molecule has 2 unspecified atom stereocenters. The van der Waals surface area contributed by atoms with Gasteiger partial charge >= 0.3 is 0 Å². The lowest BCUT2D eigenvalue weighted by Crippen LogP contribution is -2.42. The number of rotatable bonds is 6. The zero-order valence-electron chi connectivity index (χ0n) is 14.4. The van der Waals surface area contributed by atoms with E-state index in [1.807, 2.05) is 7.11 Å². The van der Waals surface area contributed by atoms with Crippen LogP contribution in [0.25, 0.3) is 0 Å². The quantitative estimate of drug-likeness (QED) is 0.816. The largest absolute Gasteiger partial charge is 0.384 e. The average molecular weight is 298 g/mol. The Morgan fingerprint density at radius 2 is 1.76 bits per heavy atom. The van der Waals surface area contributed by atoms with Crippen molar-refractivity contribution in [2.75, 3.05) is 39.9 Å². The van der Waals surface area contributed by atoms with Gasteiger partial charge in [-0.05, 0) is 65.5 Å². The van der Waals surface area contributed by atoms with Crippen LogP contribution in [-0.4, -0.2) is 62.5 Å². The predicted molar refractivity (Wildman–Crippen MR) is 86.7 cm³/mol. The van der Waals surface area contributed by atoms with Gasteiger partial charge in [-0.25, -0.2) is 0 Å². The van der Waals surface area contributed by atoms with E-state index in [0.717, 1.165) is 25.6 Å². The molecule has 0 saturated carbocycles. The van der Waals surface area contributed by atoms with Gasteiger partial charge in [-0.15, -0.1) is 0 Å². The normalized spacial score (nSPS) is 29.1. The molecule has 0 aliphatic carbocycles. The topological polar surface area (TPSA) is 33.7 Å². The minimum absolute atomic E-state index is 0.185. The van der Waals surface area contributed by atoms with Crippen LogP contribution < -0.4 is 5.32 Å². The highest BCUT2D eigenvalue weighted by Crippen LogP contribution is 2.23. The van der Waals surface area contributed by atoms with Crippen LogP contribution in [0.2, 0.25) is 0 Å². The van der Waals surface area contributed by atoms with Crippen LogP contribution >= 0.6 is 0 Å². The molecule has 2 atom stereocenters. The van der Waals surface area contributed by atoms with E-state index in [-0.39, 0.29) is 5.54 Å². The lowest BCUT2D eigenvalue weighted by atomic mass is 9.97. The van der Waals surface area contributed by atoms with Gasteiger partial charge in [-0.2, -0.15) is 0 Å². The standard InChI is InChI=1S/C17H34N2O2/c1-17(2,3)18-11-15-5-6-16(21-15)12-19-9-7-14(8-10-19)13-20-4/h14-16,18H,5-13H2,1-4H3. The monoisotopic (exact) mass is 298 g/mol. The molecule has 124 valence electrons. The summed E-state index contributed by atoms with van der Waals surface area (Å²) in [5.41, 5.74) is 0.185. The summed E-state index contributed by atoms with van der Waals surface area (Å²) in [5, 5.41) is 3.56. The second-order valence-electron chi connectivity index (χ2n) is 7.79. The molecule has 0 bridgehead atoms. The van der Waals surface area contributed by atoms with Crippen molar-refractivity contribution in [3.05, 3.63) is 0 Å². The van der Waals surface area contributed by atoms with Crippen LogP contribution in [0.3, 0.4) is 0 Å². The summed E-state index contributed by atoms with van der Waals surface area (Å²) in [6.45, 7) is 12.1. The van der Waals surface area contributed by atoms with Crippen molar-refractivity contribution in [1.82, 2.24) is 10.2 Å². The Kier molecular flexibility index (Phi) is 6.48. The van der Waals surface area contributed by atoms with Gasteiger partial charge in [0, 0.05) is 32.3 Å². The van der Waals surface area contributed by atoms with Gasteiger partial charge in [-0.3, -0.25) is 0 Å². The second kappa shape index (κ2) is 7.91. The predicted octanol–water partition coefficient (Wildman–Crippen LogP) is 2.28. The Morgan fingerprint density at radius 1 is 1.10 bits per heavy atom. The number of hydrogen-bond acceptors (Lipinski definition) is 4. The molecule has 1 N–H and O–H groups in total. The van der Waals surface area contributed by atoms with E-state index in [2.05, 4.69) is 31.0 Å². The van der Waals surface area contributed by atoms with Crippen molar-refractivity contribution < 1.29 is 9.47 Å². The van der Waals surface area contributed by atoms with Crippen LogP contribution in [-0.2, 0) is 9.47 Å². The zero-order chi connectivity index (χ0) is 15.3. The third-order valence-electron chi connectivity index (χ3n) is 4.63. The Balaban J connectivity index is 1.62. The molecule has 2 saturated heterocycles. The summed E-state index contributed by atoms with van der Waals surface area (Å²) in [4.78, 5) is 2.58. The van der Waals surface area contributed by atoms with Crippen LogP contribution in [0.4, 0.5) is 0 Å². The molecule has 0 spiro atoms. The number of ether oxygens (including phenoxy) is 2. The molecule has 2 aliphatic rings. The molecule has 2 fully saturated rings. The fourth-order valence-electron chi connectivity index (χ4n) is 3.34. The highest BCUT2D eigenvalue weighted by atomic mass is 16.5. The third kappa shape index (κ3) is 6.23. The Bertz CT molecular complexity index is 296. The number of methoxy groups -OCH3 is 1. The van der Waals surface area contributed by atoms with E-state index in [1.165, 1.54) is 38.8 Å². The van der Waals surface area contributed by atoms with Crippen LogP contribution in [0.15, 0.2) is 0 Å². The van der Waals surface area contributed by atoms with Crippen molar-refractivity contribution in [2.45, 2.75) is 64.2 Å². The summed E-state index contributed by atoms with van der Waals surface area (Å²) in [5.74, 6) is 0.763. The fourth-order valence-corrected chi connectivity index (χ4v) is 3.34. The van der Waals surface area contributed by atoms with E-state index in [1.54, 1.807) is 0 Å². The van der Waals surface area contributed by atoms with Crippen LogP contribution in [0.1, 0.15) is 46.5 Å². The summed E-state index contributed by atoms with van der Waals surface area (Å²) in [7, 11) is 1.81. The molecule has 0 radical (unpaired) electrons. The van der Waals surface area contributed by atoms with E-state index in [4.69, 9.17) is 9.47 Å². The molecule has 0 amide bonds. The van der Waals surface area contributed by atoms with Gasteiger partial charge in [-0.1, -0.05) is 0 Å². The maximum atomic E-state index is 6.21. The lowest BCUT2D eigenvalue weighted by Gasteiger charge is -2.33. The van der Waals surface area contributed by atoms with Crippen molar-refractivity contribution >= 4 is 0 Å². The van der Waals surface area contributed by atoms with E-state index >= 15 is 0 Å². The van der Waals surface area contributed by atoms with Crippen LogP contribution in [0, 0.1) is 5.92 Å². The average Bonchev–Trinajstić information content (AvgIpc) is 2.86. The molecule has 0 aromatic carbocycles. The minimum atomic E-state index is 0.185. The van der Waals surface area contributed by atoms with Gasteiger partial charge in [0.15, 0.2) is 0 Å². The first-order valence-corrected chi connectivity index (χ1v) is 8.58. The third-order valence-corrected chi connectivity index (χ3v) is 4.63. The number of nitrogens with zero attached hydrogens (tertiary/aromatic N) is 1. The molecule has 21 heavy (non-hydrogen) atoms. The molecule has 0 aromatic rings. The molecule has 4 nitrogen and oxygen atoms in total. The number of nitrogens with one attached hydrogen (secondary N) is 1. The maximum Gasteiger partial charge on any atom is 0.0707 e. The molecule has 2 heterocycles. The zero-order valence-corrected chi connectivity index (χ0v) is 14.4. The SMILES string of the molecule is COCC1CCN(CC2CCC(CNC(C)(C)C)O2)CC1. The highest BCUT2D eigenvalue weighted by molar-refractivity contribution is 4.82. The van der Waals surface area contributed by atoms with Gasteiger partial charge < -0.3 is 19.7 Å². The Hall–Kier alpha value is -0.160. The number of hydrogen-bond donors (Lipinski definition) is 1. The van der Waals surface area contributed by atoms with Gasteiger partial charge in [0.1, 0.15) is 0 Å². The second-order valence-corrected chi connectivity index (χ2v) is 7.79. The smallest absolute Gasteiger partial charge is 0.0707 e. The summed E-state index contributed by atoms with van der Waals surface area (Å²) in [6, 6.07) is 0. The van der Waals surface area contributed by atoms with Crippen molar-refractivity contribution in [1.29, 1.82) is 0 Å². The summed E-state index contributed by atoms with van der Waals surface area (Å²) >= 11 is 0. The van der Waals surface area contributed by atoms with Gasteiger partial charge in [0.05, 0.1) is 12.2 Å². The van der Waals surface area contributed by atoms with Crippen molar-refractivity contribution in [2.24, 2.45) is 5.92 Å². The molecule has 2 aliphatic heterocycles. The van der Waals surface area contributed by atoms with Gasteiger partial charge in [0.25, 0.3) is 0 Å². The van der Waals surface area contributed by atoms with Crippen molar-refractivity contribution in [3.8, 4) is 0 Å². The van der Waals surface area contributed by atoms with E-state index < -0.39 is 0 Å². The van der Waals surface area contributed by atoms with Crippen molar-refractivity contribution in [3.63, 3.8) is 0 Å². The Labute approximate surface area is 130 Å². The van der Waals surface area contributed by atoms with Crippen LogP contribution in [0.5, 0.6) is 0 Å². The molecule has 0 aromatic heterocycles. The van der Waals surface area contributed by atoms with E-state index in [9.17, 15) is 0 Å². The van der Waals surface area contributed by atoms with Gasteiger partial charge in [0.2, 0.25) is 0 Å². The maximum absolute atomic E-state index is 6.21. The fraction of sp³-hybridized carbons (Fsp3) is 1.00. The lowest BCUT2D eigenvalue weighted by molar-refractivity contribution is 0.0107.